The fraction of sp³-hybridized carbons (Fsp3) is 0.278. The maximum Gasteiger partial charge on any atom is 0.308 e. The smallest absolute Gasteiger partial charge is 0.308 e. The summed E-state index contributed by atoms with van der Waals surface area (Å²) in [5.74, 6) is -2.05. The lowest BCUT2D eigenvalue weighted by Crippen LogP contribution is -2.23. The van der Waals surface area contributed by atoms with Crippen LogP contribution in [0.15, 0.2) is 54.6 Å². The minimum absolute atomic E-state index is 0.303. The number of hydrogen-bond donors (Lipinski definition) is 1. The van der Waals surface area contributed by atoms with Gasteiger partial charge in [0.1, 0.15) is 5.82 Å². The van der Waals surface area contributed by atoms with Crippen molar-refractivity contribution in [2.45, 2.75) is 12.5 Å². The average Bonchev–Trinajstić information content (AvgIpc) is 2.92. The van der Waals surface area contributed by atoms with E-state index in [1.54, 1.807) is 18.2 Å². The zero-order valence-corrected chi connectivity index (χ0v) is 12.2. The van der Waals surface area contributed by atoms with Gasteiger partial charge in [-0.15, -0.1) is 0 Å². The van der Waals surface area contributed by atoms with Crippen molar-refractivity contribution in [2.75, 3.05) is 13.1 Å². The first kappa shape index (κ1) is 14.7. The maximum absolute atomic E-state index is 14.0. The Morgan fingerprint density at radius 2 is 1.77 bits per heavy atom. The molecule has 0 aliphatic carbocycles. The summed E-state index contributed by atoms with van der Waals surface area (Å²) in [7, 11) is 0. The second-order valence-electron chi connectivity index (χ2n) is 5.75. The molecule has 0 aromatic heterocycles. The van der Waals surface area contributed by atoms with E-state index in [-0.39, 0.29) is 11.7 Å². The van der Waals surface area contributed by atoms with Crippen molar-refractivity contribution in [3.8, 4) is 0 Å². The molecule has 0 radical (unpaired) electrons. The van der Waals surface area contributed by atoms with Gasteiger partial charge in [0, 0.05) is 25.6 Å². The number of aliphatic carboxylic acids is 1. The highest BCUT2D eigenvalue weighted by Gasteiger charge is 2.39. The van der Waals surface area contributed by atoms with Crippen molar-refractivity contribution >= 4 is 5.97 Å². The number of likely N-dealkylation sites (tertiary alicyclic amines) is 1. The predicted octanol–water partition coefficient (Wildman–Crippen LogP) is 3.13. The molecule has 2 atom stereocenters. The van der Waals surface area contributed by atoms with Crippen molar-refractivity contribution in [3.63, 3.8) is 0 Å². The molecule has 0 saturated carbocycles. The summed E-state index contributed by atoms with van der Waals surface area (Å²) in [6.07, 6.45) is 0. The van der Waals surface area contributed by atoms with E-state index in [2.05, 4.69) is 4.90 Å². The van der Waals surface area contributed by atoms with Gasteiger partial charge in [0.2, 0.25) is 0 Å². The van der Waals surface area contributed by atoms with Crippen molar-refractivity contribution in [1.82, 2.24) is 4.90 Å². The first-order valence-corrected chi connectivity index (χ1v) is 7.38. The molecule has 3 rings (SSSR count). The molecule has 114 valence electrons. The van der Waals surface area contributed by atoms with Crippen LogP contribution in [0.5, 0.6) is 0 Å². The molecule has 0 spiro atoms. The Bertz CT molecular complexity index is 659. The zero-order chi connectivity index (χ0) is 15.5. The third-order valence-electron chi connectivity index (χ3n) is 4.27. The second-order valence-corrected chi connectivity index (χ2v) is 5.75. The van der Waals surface area contributed by atoms with Crippen LogP contribution >= 0.6 is 0 Å². The van der Waals surface area contributed by atoms with Crippen LogP contribution in [0, 0.1) is 11.7 Å². The summed E-state index contributed by atoms with van der Waals surface area (Å²) >= 11 is 0. The molecule has 1 aliphatic heterocycles. The number of benzene rings is 2. The van der Waals surface area contributed by atoms with Crippen LogP contribution in [0.25, 0.3) is 0 Å². The van der Waals surface area contributed by atoms with Gasteiger partial charge in [-0.2, -0.15) is 0 Å². The summed E-state index contributed by atoms with van der Waals surface area (Å²) < 4.78 is 14.0. The maximum atomic E-state index is 14.0. The second kappa shape index (κ2) is 6.28. The number of nitrogens with zero attached hydrogens (tertiary/aromatic N) is 1. The molecule has 1 N–H and O–H groups in total. The topological polar surface area (TPSA) is 40.5 Å². The Kier molecular flexibility index (Phi) is 4.20. The fourth-order valence-corrected chi connectivity index (χ4v) is 3.20. The van der Waals surface area contributed by atoms with E-state index in [0.29, 0.717) is 25.2 Å². The van der Waals surface area contributed by atoms with Crippen molar-refractivity contribution < 1.29 is 14.3 Å². The monoisotopic (exact) mass is 299 g/mol. The number of carboxylic acids is 1. The zero-order valence-electron chi connectivity index (χ0n) is 12.2. The van der Waals surface area contributed by atoms with Gasteiger partial charge in [-0.25, -0.2) is 4.39 Å². The van der Waals surface area contributed by atoms with Gasteiger partial charge < -0.3 is 5.11 Å². The van der Waals surface area contributed by atoms with Gasteiger partial charge in [0.15, 0.2) is 0 Å². The first-order valence-electron chi connectivity index (χ1n) is 7.38. The average molecular weight is 299 g/mol. The van der Waals surface area contributed by atoms with E-state index < -0.39 is 11.9 Å². The van der Waals surface area contributed by atoms with E-state index in [0.717, 1.165) is 5.56 Å². The van der Waals surface area contributed by atoms with Crippen LogP contribution in [-0.4, -0.2) is 29.1 Å². The first-order chi connectivity index (χ1) is 10.6. The van der Waals surface area contributed by atoms with Gasteiger partial charge in [-0.05, 0) is 17.2 Å². The highest BCUT2D eigenvalue weighted by molar-refractivity contribution is 5.72. The SMILES string of the molecule is O=C(O)C1CN(Cc2ccccc2)CC1c1ccccc1F. The summed E-state index contributed by atoms with van der Waals surface area (Å²) in [6.45, 7) is 1.70. The van der Waals surface area contributed by atoms with E-state index in [1.165, 1.54) is 6.07 Å². The molecule has 1 fully saturated rings. The third kappa shape index (κ3) is 3.02. The highest BCUT2D eigenvalue weighted by Crippen LogP contribution is 2.34. The van der Waals surface area contributed by atoms with Gasteiger partial charge in [-0.1, -0.05) is 48.5 Å². The molecule has 0 bridgehead atoms. The summed E-state index contributed by atoms with van der Waals surface area (Å²) in [5, 5.41) is 9.47. The Labute approximate surface area is 129 Å². The standard InChI is InChI=1S/C18H18FNO2/c19-17-9-5-4-8-14(17)15-11-20(12-16(15)18(21)22)10-13-6-2-1-3-7-13/h1-9,15-16H,10-12H2,(H,21,22). The molecule has 0 amide bonds. The Balaban J connectivity index is 1.81. The minimum Gasteiger partial charge on any atom is -0.481 e. The Morgan fingerprint density at radius 3 is 2.45 bits per heavy atom. The predicted molar refractivity (Wildman–Crippen MR) is 82.0 cm³/mol. The molecule has 1 saturated heterocycles. The Hall–Kier alpha value is -2.20. The minimum atomic E-state index is -0.858. The molecule has 3 nitrogen and oxygen atoms in total. The lowest BCUT2D eigenvalue weighted by Gasteiger charge is -2.16. The van der Waals surface area contributed by atoms with E-state index in [9.17, 15) is 14.3 Å². The lowest BCUT2D eigenvalue weighted by molar-refractivity contribution is -0.141. The molecule has 22 heavy (non-hydrogen) atoms. The molecule has 1 aliphatic rings. The molecule has 2 aromatic rings. The molecule has 2 aromatic carbocycles. The van der Waals surface area contributed by atoms with Crippen LogP contribution in [0.2, 0.25) is 0 Å². The van der Waals surface area contributed by atoms with E-state index in [1.807, 2.05) is 30.3 Å². The number of carboxylic acid groups (broad SMARTS) is 1. The van der Waals surface area contributed by atoms with Crippen molar-refractivity contribution in [1.29, 1.82) is 0 Å². The van der Waals surface area contributed by atoms with Crippen LogP contribution in [0.4, 0.5) is 4.39 Å². The van der Waals surface area contributed by atoms with E-state index >= 15 is 0 Å². The largest absolute Gasteiger partial charge is 0.481 e. The molecule has 4 heteroatoms. The lowest BCUT2D eigenvalue weighted by atomic mass is 9.89. The molecular formula is C18H18FNO2. The quantitative estimate of drug-likeness (QED) is 0.943. The number of carbonyl (C=O) groups is 1. The summed E-state index contributed by atoms with van der Waals surface area (Å²) in [4.78, 5) is 13.6. The van der Waals surface area contributed by atoms with Crippen LogP contribution in [0.3, 0.4) is 0 Å². The van der Waals surface area contributed by atoms with Gasteiger partial charge >= 0.3 is 5.97 Å². The van der Waals surface area contributed by atoms with Crippen LogP contribution in [-0.2, 0) is 11.3 Å². The molecule has 2 unspecified atom stereocenters. The van der Waals surface area contributed by atoms with Gasteiger partial charge in [0.25, 0.3) is 0 Å². The fourth-order valence-electron chi connectivity index (χ4n) is 3.20. The number of halogens is 1. The highest BCUT2D eigenvalue weighted by atomic mass is 19.1. The van der Waals surface area contributed by atoms with E-state index in [4.69, 9.17) is 0 Å². The number of hydrogen-bond acceptors (Lipinski definition) is 2. The van der Waals surface area contributed by atoms with Gasteiger partial charge in [0.05, 0.1) is 5.92 Å². The third-order valence-corrected chi connectivity index (χ3v) is 4.27. The normalized spacial score (nSPS) is 21.9. The van der Waals surface area contributed by atoms with Crippen LogP contribution in [0.1, 0.15) is 17.0 Å². The Morgan fingerprint density at radius 1 is 1.09 bits per heavy atom. The molecular weight excluding hydrogens is 281 g/mol. The van der Waals surface area contributed by atoms with Crippen LogP contribution < -0.4 is 0 Å². The molecule has 1 heterocycles. The number of rotatable bonds is 4. The summed E-state index contributed by atoms with van der Waals surface area (Å²) in [6, 6.07) is 16.4. The van der Waals surface area contributed by atoms with Gasteiger partial charge in [-0.3, -0.25) is 9.69 Å². The van der Waals surface area contributed by atoms with Crippen molar-refractivity contribution in [2.24, 2.45) is 5.92 Å². The van der Waals surface area contributed by atoms with Crippen molar-refractivity contribution in [3.05, 3.63) is 71.5 Å². The summed E-state index contributed by atoms with van der Waals surface area (Å²) in [5.41, 5.74) is 1.64.